The van der Waals surface area contributed by atoms with E-state index in [1.807, 2.05) is 18.2 Å². The number of rotatable bonds is 5. The van der Waals surface area contributed by atoms with Crippen LogP contribution in [0.5, 0.6) is 11.5 Å². The van der Waals surface area contributed by atoms with E-state index in [-0.39, 0.29) is 0 Å². The summed E-state index contributed by atoms with van der Waals surface area (Å²) in [5, 5.41) is 3.27. The molecule has 1 aromatic heterocycles. The normalized spacial score (nSPS) is 9.89. The van der Waals surface area contributed by atoms with E-state index in [4.69, 9.17) is 9.47 Å². The van der Waals surface area contributed by atoms with Crippen molar-refractivity contribution < 1.29 is 9.47 Å². The molecule has 0 saturated carbocycles. The molecule has 0 saturated heterocycles. The predicted molar refractivity (Wildman–Crippen MR) is 68.9 cm³/mol. The Hall–Kier alpha value is -2.30. The fourth-order valence-electron chi connectivity index (χ4n) is 1.53. The van der Waals surface area contributed by atoms with Crippen LogP contribution in [-0.2, 0) is 6.54 Å². The van der Waals surface area contributed by atoms with Gasteiger partial charge in [-0.25, -0.2) is 9.97 Å². The molecule has 0 radical (unpaired) electrons. The largest absolute Gasteiger partial charge is 0.497 e. The van der Waals surface area contributed by atoms with Crippen molar-refractivity contribution in [3.05, 3.63) is 42.5 Å². The van der Waals surface area contributed by atoms with Gasteiger partial charge in [-0.3, -0.25) is 0 Å². The second-order valence-electron chi connectivity index (χ2n) is 3.70. The average molecular weight is 245 g/mol. The van der Waals surface area contributed by atoms with Gasteiger partial charge in [0, 0.05) is 48.4 Å². The highest BCUT2D eigenvalue weighted by Crippen LogP contribution is 2.25. The Kier molecular flexibility index (Phi) is 3.96. The van der Waals surface area contributed by atoms with Crippen molar-refractivity contribution in [3.63, 3.8) is 0 Å². The summed E-state index contributed by atoms with van der Waals surface area (Å²) in [6.45, 7) is 0.650. The molecular formula is C13H15N3O2. The minimum Gasteiger partial charge on any atom is -0.497 e. The van der Waals surface area contributed by atoms with Gasteiger partial charge in [0.05, 0.1) is 14.2 Å². The molecule has 0 bridgehead atoms. The maximum Gasteiger partial charge on any atom is 0.124 e. The second-order valence-corrected chi connectivity index (χ2v) is 3.70. The lowest BCUT2D eigenvalue weighted by Crippen LogP contribution is -2.01. The highest BCUT2D eigenvalue weighted by molar-refractivity contribution is 5.53. The second kappa shape index (κ2) is 5.86. The Morgan fingerprint density at radius 3 is 2.17 bits per heavy atom. The topological polar surface area (TPSA) is 56.3 Å². The van der Waals surface area contributed by atoms with Crippen LogP contribution >= 0.6 is 0 Å². The molecule has 5 heteroatoms. The maximum absolute atomic E-state index is 5.20. The number of nitrogens with one attached hydrogen (secondary N) is 1. The summed E-state index contributed by atoms with van der Waals surface area (Å²) in [6.07, 6.45) is 5.06. The van der Waals surface area contributed by atoms with Gasteiger partial charge in [0.2, 0.25) is 0 Å². The van der Waals surface area contributed by atoms with Crippen molar-refractivity contribution in [2.24, 2.45) is 0 Å². The Balaban J connectivity index is 2.09. The minimum atomic E-state index is 0.650. The molecule has 0 amide bonds. The SMILES string of the molecule is COc1cc(NCc2cncnc2)cc(OC)c1. The van der Waals surface area contributed by atoms with Gasteiger partial charge in [0.15, 0.2) is 0 Å². The van der Waals surface area contributed by atoms with E-state index in [1.54, 1.807) is 26.6 Å². The van der Waals surface area contributed by atoms with E-state index in [0.717, 1.165) is 22.7 Å². The minimum absolute atomic E-state index is 0.650. The highest BCUT2D eigenvalue weighted by Gasteiger charge is 2.01. The molecule has 94 valence electrons. The molecule has 0 aliphatic heterocycles. The lowest BCUT2D eigenvalue weighted by Gasteiger charge is -2.10. The van der Waals surface area contributed by atoms with Crippen LogP contribution in [-0.4, -0.2) is 24.2 Å². The first kappa shape index (κ1) is 12.2. The summed E-state index contributed by atoms with van der Waals surface area (Å²) in [5.41, 5.74) is 1.94. The van der Waals surface area contributed by atoms with Crippen LogP contribution in [0, 0.1) is 0 Å². The van der Waals surface area contributed by atoms with E-state index >= 15 is 0 Å². The van der Waals surface area contributed by atoms with Gasteiger partial charge in [-0.15, -0.1) is 0 Å². The first-order valence-electron chi connectivity index (χ1n) is 5.52. The van der Waals surface area contributed by atoms with Crippen LogP contribution in [0.2, 0.25) is 0 Å². The molecule has 2 aromatic rings. The number of nitrogens with zero attached hydrogens (tertiary/aromatic N) is 2. The number of aromatic nitrogens is 2. The molecule has 1 heterocycles. The zero-order valence-corrected chi connectivity index (χ0v) is 10.4. The molecule has 18 heavy (non-hydrogen) atoms. The number of hydrogen-bond acceptors (Lipinski definition) is 5. The smallest absolute Gasteiger partial charge is 0.124 e. The number of ether oxygens (including phenoxy) is 2. The Morgan fingerprint density at radius 1 is 1.00 bits per heavy atom. The molecular weight excluding hydrogens is 230 g/mol. The van der Waals surface area contributed by atoms with Crippen molar-refractivity contribution in [1.82, 2.24) is 9.97 Å². The summed E-state index contributed by atoms with van der Waals surface area (Å²) in [5.74, 6) is 1.50. The molecule has 0 aliphatic rings. The van der Waals surface area contributed by atoms with E-state index in [9.17, 15) is 0 Å². The van der Waals surface area contributed by atoms with Crippen molar-refractivity contribution in [2.75, 3.05) is 19.5 Å². The third kappa shape index (κ3) is 3.10. The third-order valence-electron chi connectivity index (χ3n) is 2.46. The van der Waals surface area contributed by atoms with Crippen molar-refractivity contribution >= 4 is 5.69 Å². The molecule has 0 atom stereocenters. The quantitative estimate of drug-likeness (QED) is 0.874. The molecule has 5 nitrogen and oxygen atoms in total. The first-order valence-corrected chi connectivity index (χ1v) is 5.52. The Morgan fingerprint density at radius 2 is 1.61 bits per heavy atom. The fourth-order valence-corrected chi connectivity index (χ4v) is 1.53. The number of methoxy groups -OCH3 is 2. The zero-order valence-electron chi connectivity index (χ0n) is 10.4. The molecule has 1 N–H and O–H groups in total. The highest BCUT2D eigenvalue weighted by atomic mass is 16.5. The molecule has 0 fully saturated rings. The average Bonchev–Trinajstić information content (AvgIpc) is 2.45. The molecule has 0 aliphatic carbocycles. The van der Waals surface area contributed by atoms with Crippen LogP contribution in [0.3, 0.4) is 0 Å². The zero-order chi connectivity index (χ0) is 12.8. The lowest BCUT2D eigenvalue weighted by molar-refractivity contribution is 0.394. The van der Waals surface area contributed by atoms with Crippen LogP contribution in [0.15, 0.2) is 36.9 Å². The van der Waals surface area contributed by atoms with Gasteiger partial charge in [-0.1, -0.05) is 0 Å². The molecule has 2 rings (SSSR count). The lowest BCUT2D eigenvalue weighted by atomic mass is 10.2. The van der Waals surface area contributed by atoms with Gasteiger partial charge >= 0.3 is 0 Å². The van der Waals surface area contributed by atoms with Crippen molar-refractivity contribution in [2.45, 2.75) is 6.54 Å². The number of benzene rings is 1. The predicted octanol–water partition coefficient (Wildman–Crippen LogP) is 2.11. The van der Waals surface area contributed by atoms with Crippen LogP contribution < -0.4 is 14.8 Å². The number of anilines is 1. The van der Waals surface area contributed by atoms with Crippen LogP contribution in [0.1, 0.15) is 5.56 Å². The Bertz CT molecular complexity index is 481. The van der Waals surface area contributed by atoms with Crippen molar-refractivity contribution in [1.29, 1.82) is 0 Å². The standard InChI is InChI=1S/C13H15N3O2/c1-17-12-3-11(4-13(5-12)18-2)16-8-10-6-14-9-15-7-10/h3-7,9,16H,8H2,1-2H3. The first-order chi connectivity index (χ1) is 8.81. The van der Waals surface area contributed by atoms with Gasteiger partial charge in [0.25, 0.3) is 0 Å². The van der Waals surface area contributed by atoms with Gasteiger partial charge < -0.3 is 14.8 Å². The van der Waals surface area contributed by atoms with E-state index in [1.165, 1.54) is 6.33 Å². The monoisotopic (exact) mass is 245 g/mol. The van der Waals surface area contributed by atoms with Crippen LogP contribution in [0.25, 0.3) is 0 Å². The van der Waals surface area contributed by atoms with Gasteiger partial charge in [-0.05, 0) is 0 Å². The van der Waals surface area contributed by atoms with E-state index < -0.39 is 0 Å². The van der Waals surface area contributed by atoms with Gasteiger partial charge in [0.1, 0.15) is 17.8 Å². The van der Waals surface area contributed by atoms with Crippen molar-refractivity contribution in [3.8, 4) is 11.5 Å². The summed E-state index contributed by atoms with van der Waals surface area (Å²) in [7, 11) is 3.26. The molecule has 0 unspecified atom stereocenters. The number of hydrogen-bond donors (Lipinski definition) is 1. The summed E-state index contributed by atoms with van der Waals surface area (Å²) < 4.78 is 10.4. The fraction of sp³-hybridized carbons (Fsp3) is 0.231. The summed E-state index contributed by atoms with van der Waals surface area (Å²) in [4.78, 5) is 7.93. The maximum atomic E-state index is 5.20. The molecule has 0 spiro atoms. The van der Waals surface area contributed by atoms with E-state index in [2.05, 4.69) is 15.3 Å². The summed E-state index contributed by atoms with van der Waals surface area (Å²) >= 11 is 0. The van der Waals surface area contributed by atoms with Gasteiger partial charge in [-0.2, -0.15) is 0 Å². The van der Waals surface area contributed by atoms with E-state index in [0.29, 0.717) is 6.54 Å². The van der Waals surface area contributed by atoms with Crippen LogP contribution in [0.4, 0.5) is 5.69 Å². The summed E-state index contributed by atoms with van der Waals surface area (Å²) in [6, 6.07) is 5.65. The molecule has 1 aromatic carbocycles. The third-order valence-corrected chi connectivity index (χ3v) is 2.46. The Labute approximate surface area is 106 Å².